The normalized spacial score (nSPS) is 27.9. The van der Waals surface area contributed by atoms with E-state index in [1.807, 2.05) is 18.7 Å². The van der Waals surface area contributed by atoms with Crippen LogP contribution in [0.1, 0.15) is 20.3 Å². The van der Waals surface area contributed by atoms with E-state index in [1.165, 1.54) is 0 Å². The minimum atomic E-state index is 0.109. The van der Waals surface area contributed by atoms with E-state index < -0.39 is 0 Å². The Hall–Kier alpha value is -0.810. The van der Waals surface area contributed by atoms with Crippen molar-refractivity contribution in [2.24, 2.45) is 0 Å². The molecule has 0 aromatic carbocycles. The summed E-state index contributed by atoms with van der Waals surface area (Å²) < 4.78 is 5.75. The van der Waals surface area contributed by atoms with Gasteiger partial charge in [0.05, 0.1) is 18.8 Å². The number of hydrogen-bond acceptors (Lipinski definition) is 3. The van der Waals surface area contributed by atoms with Crippen LogP contribution in [-0.4, -0.2) is 80.3 Å². The van der Waals surface area contributed by atoms with Gasteiger partial charge in [-0.3, -0.25) is 4.90 Å². The average molecular weight is 257 g/mol. The largest absolute Gasteiger partial charge is 0.375 e. The SMILES string of the molecule is CC.CN(C)C(=O)N1CCC2OCCN(C)C2C1. The van der Waals surface area contributed by atoms with Gasteiger partial charge in [0, 0.05) is 33.7 Å². The molecule has 0 aromatic heterocycles. The predicted octanol–water partition coefficient (Wildman–Crippen LogP) is 1.10. The first-order chi connectivity index (χ1) is 8.59. The van der Waals surface area contributed by atoms with Gasteiger partial charge in [0.25, 0.3) is 0 Å². The zero-order valence-corrected chi connectivity index (χ0v) is 12.3. The molecule has 106 valence electrons. The number of likely N-dealkylation sites (tertiary alicyclic amines) is 1. The molecule has 0 aromatic rings. The fourth-order valence-corrected chi connectivity index (χ4v) is 2.50. The number of hydrogen-bond donors (Lipinski definition) is 0. The second kappa shape index (κ2) is 6.95. The van der Waals surface area contributed by atoms with Crippen molar-refractivity contribution in [1.29, 1.82) is 0 Å². The first-order valence-corrected chi connectivity index (χ1v) is 6.87. The Morgan fingerprint density at radius 1 is 1.28 bits per heavy atom. The Morgan fingerprint density at radius 3 is 2.56 bits per heavy atom. The van der Waals surface area contributed by atoms with E-state index in [0.29, 0.717) is 12.1 Å². The molecule has 5 nitrogen and oxygen atoms in total. The van der Waals surface area contributed by atoms with E-state index in [2.05, 4.69) is 11.9 Å². The third-order valence-electron chi connectivity index (χ3n) is 3.52. The molecule has 0 radical (unpaired) electrons. The van der Waals surface area contributed by atoms with Crippen LogP contribution in [-0.2, 0) is 4.74 Å². The first-order valence-electron chi connectivity index (χ1n) is 6.87. The summed E-state index contributed by atoms with van der Waals surface area (Å²) in [5, 5.41) is 0. The topological polar surface area (TPSA) is 36.0 Å². The maximum atomic E-state index is 11.9. The molecule has 0 saturated carbocycles. The highest BCUT2D eigenvalue weighted by Gasteiger charge is 2.37. The van der Waals surface area contributed by atoms with Crippen molar-refractivity contribution in [1.82, 2.24) is 14.7 Å². The van der Waals surface area contributed by atoms with Crippen LogP contribution >= 0.6 is 0 Å². The summed E-state index contributed by atoms with van der Waals surface area (Å²) in [5.41, 5.74) is 0. The number of urea groups is 1. The number of carbonyl (C=O) groups is 1. The lowest BCUT2D eigenvalue weighted by Crippen LogP contribution is -2.60. The molecule has 2 saturated heterocycles. The smallest absolute Gasteiger partial charge is 0.319 e. The molecule has 2 fully saturated rings. The standard InChI is InChI=1S/C11H21N3O2.C2H6/c1-12(2)11(15)14-5-4-10-9(8-14)13(3)6-7-16-10;1-2/h9-10H,4-8H2,1-3H3;1-2H3. The minimum absolute atomic E-state index is 0.109. The molecular weight excluding hydrogens is 230 g/mol. The summed E-state index contributed by atoms with van der Waals surface area (Å²) in [4.78, 5) is 17.7. The van der Waals surface area contributed by atoms with Crippen LogP contribution in [0, 0.1) is 0 Å². The van der Waals surface area contributed by atoms with Crippen LogP contribution in [0.3, 0.4) is 0 Å². The number of morpholine rings is 1. The number of amides is 2. The van der Waals surface area contributed by atoms with Crippen molar-refractivity contribution in [3.8, 4) is 0 Å². The highest BCUT2D eigenvalue weighted by atomic mass is 16.5. The van der Waals surface area contributed by atoms with Gasteiger partial charge >= 0.3 is 6.03 Å². The van der Waals surface area contributed by atoms with Gasteiger partial charge in [-0.05, 0) is 13.5 Å². The number of nitrogens with zero attached hydrogens (tertiary/aromatic N) is 3. The van der Waals surface area contributed by atoms with Crippen molar-refractivity contribution >= 4 is 6.03 Å². The van der Waals surface area contributed by atoms with E-state index in [1.54, 1.807) is 19.0 Å². The van der Waals surface area contributed by atoms with Crippen LogP contribution in [0.25, 0.3) is 0 Å². The van der Waals surface area contributed by atoms with E-state index in [0.717, 1.165) is 32.7 Å². The average Bonchev–Trinajstić information content (AvgIpc) is 2.40. The highest BCUT2D eigenvalue weighted by molar-refractivity contribution is 5.74. The van der Waals surface area contributed by atoms with Gasteiger partial charge in [0.2, 0.25) is 0 Å². The van der Waals surface area contributed by atoms with Gasteiger partial charge in [-0.2, -0.15) is 0 Å². The summed E-state index contributed by atoms with van der Waals surface area (Å²) >= 11 is 0. The molecule has 2 aliphatic rings. The monoisotopic (exact) mass is 257 g/mol. The van der Waals surface area contributed by atoms with Crippen molar-refractivity contribution in [3.05, 3.63) is 0 Å². The van der Waals surface area contributed by atoms with Crippen LogP contribution in [0.5, 0.6) is 0 Å². The van der Waals surface area contributed by atoms with Crippen molar-refractivity contribution in [3.63, 3.8) is 0 Å². The Labute approximate surface area is 111 Å². The van der Waals surface area contributed by atoms with Crippen LogP contribution in [0.2, 0.25) is 0 Å². The van der Waals surface area contributed by atoms with Crippen molar-refractivity contribution < 1.29 is 9.53 Å². The zero-order valence-electron chi connectivity index (χ0n) is 12.3. The molecule has 0 bridgehead atoms. The molecule has 2 aliphatic heterocycles. The molecule has 0 N–H and O–H groups in total. The Bertz CT molecular complexity index is 271. The van der Waals surface area contributed by atoms with Crippen LogP contribution in [0.15, 0.2) is 0 Å². The predicted molar refractivity (Wildman–Crippen MR) is 72.8 cm³/mol. The fourth-order valence-electron chi connectivity index (χ4n) is 2.50. The van der Waals surface area contributed by atoms with E-state index in [-0.39, 0.29) is 6.03 Å². The molecule has 18 heavy (non-hydrogen) atoms. The highest BCUT2D eigenvalue weighted by Crippen LogP contribution is 2.22. The van der Waals surface area contributed by atoms with Gasteiger partial charge in [0.1, 0.15) is 0 Å². The van der Waals surface area contributed by atoms with Gasteiger partial charge in [-0.15, -0.1) is 0 Å². The van der Waals surface area contributed by atoms with E-state index in [4.69, 9.17) is 4.74 Å². The van der Waals surface area contributed by atoms with Gasteiger partial charge in [-0.1, -0.05) is 13.8 Å². The van der Waals surface area contributed by atoms with Crippen LogP contribution in [0.4, 0.5) is 4.79 Å². The zero-order chi connectivity index (χ0) is 13.7. The maximum Gasteiger partial charge on any atom is 0.319 e. The molecule has 2 heterocycles. The second-order valence-electron chi connectivity index (χ2n) is 4.87. The number of likely N-dealkylation sites (N-methyl/N-ethyl adjacent to an activating group) is 1. The van der Waals surface area contributed by atoms with Crippen molar-refractivity contribution in [2.75, 3.05) is 47.4 Å². The van der Waals surface area contributed by atoms with E-state index in [9.17, 15) is 4.79 Å². The summed E-state index contributed by atoms with van der Waals surface area (Å²) in [5.74, 6) is 0. The number of ether oxygens (including phenoxy) is 1. The summed E-state index contributed by atoms with van der Waals surface area (Å²) in [6, 6.07) is 0.476. The molecule has 5 heteroatoms. The molecule has 2 amide bonds. The van der Waals surface area contributed by atoms with Gasteiger partial charge < -0.3 is 14.5 Å². The molecule has 0 spiro atoms. The van der Waals surface area contributed by atoms with Gasteiger partial charge in [-0.25, -0.2) is 4.79 Å². The summed E-state index contributed by atoms with van der Waals surface area (Å²) in [6.45, 7) is 7.38. The Balaban J connectivity index is 0.000000771. The molecule has 2 unspecified atom stereocenters. The second-order valence-corrected chi connectivity index (χ2v) is 4.87. The molecule has 0 aliphatic carbocycles. The molecular formula is C13H27N3O2. The lowest BCUT2D eigenvalue weighted by Gasteiger charge is -2.46. The lowest BCUT2D eigenvalue weighted by molar-refractivity contribution is -0.0891. The maximum absolute atomic E-state index is 11.9. The Morgan fingerprint density at radius 2 is 1.94 bits per heavy atom. The van der Waals surface area contributed by atoms with E-state index >= 15 is 0 Å². The lowest BCUT2D eigenvalue weighted by atomic mass is 9.99. The summed E-state index contributed by atoms with van der Waals surface area (Å²) in [6.07, 6.45) is 1.26. The van der Waals surface area contributed by atoms with Crippen LogP contribution < -0.4 is 0 Å². The number of carbonyl (C=O) groups excluding carboxylic acids is 1. The first kappa shape index (κ1) is 15.2. The number of fused-ring (bicyclic) bond motifs is 1. The molecule has 2 rings (SSSR count). The fraction of sp³-hybridized carbons (Fsp3) is 0.923. The summed E-state index contributed by atoms with van der Waals surface area (Å²) in [7, 11) is 5.72. The Kier molecular flexibility index (Phi) is 5.88. The molecule has 2 atom stereocenters. The number of rotatable bonds is 0. The number of piperidine rings is 1. The van der Waals surface area contributed by atoms with Crippen molar-refractivity contribution in [2.45, 2.75) is 32.4 Å². The minimum Gasteiger partial charge on any atom is -0.375 e. The quantitative estimate of drug-likeness (QED) is 0.652. The third-order valence-corrected chi connectivity index (χ3v) is 3.52. The van der Waals surface area contributed by atoms with Gasteiger partial charge in [0.15, 0.2) is 0 Å². The third kappa shape index (κ3) is 3.36.